The Morgan fingerprint density at radius 2 is 0.606 bits per heavy atom. The van der Waals surface area contributed by atoms with E-state index in [4.69, 9.17) is 14.2 Å². The van der Waals surface area contributed by atoms with Crippen molar-refractivity contribution in [3.05, 3.63) is 109 Å². The number of ether oxygens (including phenoxy) is 3. The summed E-state index contributed by atoms with van der Waals surface area (Å²) in [6.45, 7) is 6.39. The van der Waals surface area contributed by atoms with Gasteiger partial charge in [0, 0.05) is 19.3 Å². The van der Waals surface area contributed by atoms with Gasteiger partial charge in [0.05, 0.1) is 0 Å². The van der Waals surface area contributed by atoms with Crippen LogP contribution in [0.3, 0.4) is 0 Å². The van der Waals surface area contributed by atoms with Crippen molar-refractivity contribution in [1.29, 1.82) is 0 Å². The van der Waals surface area contributed by atoms with Crippen LogP contribution in [0.5, 0.6) is 0 Å². The lowest BCUT2D eigenvalue weighted by atomic mass is 10.1. The van der Waals surface area contributed by atoms with E-state index in [1.807, 2.05) is 36.5 Å². The number of hydrogen-bond acceptors (Lipinski definition) is 6. The van der Waals surface area contributed by atoms with Crippen LogP contribution in [-0.2, 0) is 28.6 Å². The number of hydrogen-bond donors (Lipinski definition) is 0. The molecule has 374 valence electrons. The first-order valence-electron chi connectivity index (χ1n) is 27.0. The molecule has 0 N–H and O–H groups in total. The molecule has 0 fully saturated rings. The lowest BCUT2D eigenvalue weighted by Gasteiger charge is -2.18. The predicted molar refractivity (Wildman–Crippen MR) is 283 cm³/mol. The second-order valence-corrected chi connectivity index (χ2v) is 17.6. The molecule has 0 spiro atoms. The van der Waals surface area contributed by atoms with Crippen LogP contribution >= 0.6 is 0 Å². The fraction of sp³-hybridized carbons (Fsp3) is 0.650. The molecule has 0 aliphatic carbocycles. The van der Waals surface area contributed by atoms with Crippen molar-refractivity contribution in [2.24, 2.45) is 0 Å². The van der Waals surface area contributed by atoms with Crippen LogP contribution < -0.4 is 0 Å². The molecule has 1 unspecified atom stereocenters. The Hall–Kier alpha value is -3.93. The summed E-state index contributed by atoms with van der Waals surface area (Å²) in [5.41, 5.74) is 0. The zero-order chi connectivity index (χ0) is 47.9. The molecule has 0 heterocycles. The number of unbranched alkanes of at least 4 members (excludes halogenated alkanes) is 24. The highest BCUT2D eigenvalue weighted by Crippen LogP contribution is 2.14. The highest BCUT2D eigenvalue weighted by atomic mass is 16.6. The second kappa shape index (κ2) is 53.7. The van der Waals surface area contributed by atoms with Crippen LogP contribution in [0.25, 0.3) is 0 Å². The smallest absolute Gasteiger partial charge is 0.306 e. The van der Waals surface area contributed by atoms with Crippen LogP contribution in [0.15, 0.2) is 109 Å². The minimum Gasteiger partial charge on any atom is -0.462 e. The first kappa shape index (κ1) is 62.1. The van der Waals surface area contributed by atoms with Crippen LogP contribution in [0.1, 0.15) is 233 Å². The molecule has 0 aromatic rings. The van der Waals surface area contributed by atoms with Gasteiger partial charge in [-0.15, -0.1) is 0 Å². The number of carbonyl (C=O) groups is 3. The molecule has 0 bridgehead atoms. The van der Waals surface area contributed by atoms with Gasteiger partial charge in [-0.3, -0.25) is 14.4 Å². The first-order chi connectivity index (χ1) is 32.5. The Labute approximate surface area is 406 Å². The third kappa shape index (κ3) is 51.1. The van der Waals surface area contributed by atoms with Crippen LogP contribution in [-0.4, -0.2) is 37.2 Å². The summed E-state index contributed by atoms with van der Waals surface area (Å²) >= 11 is 0. The third-order valence-electron chi connectivity index (χ3n) is 11.2. The Bertz CT molecular complexity index is 1370. The van der Waals surface area contributed by atoms with Gasteiger partial charge >= 0.3 is 17.9 Å². The summed E-state index contributed by atoms with van der Waals surface area (Å²) in [6.07, 6.45) is 72.1. The topological polar surface area (TPSA) is 78.9 Å². The molecule has 0 saturated heterocycles. The monoisotopic (exact) mass is 915 g/mol. The lowest BCUT2D eigenvalue weighted by molar-refractivity contribution is -0.167. The highest BCUT2D eigenvalue weighted by molar-refractivity contribution is 5.71. The van der Waals surface area contributed by atoms with Gasteiger partial charge in [0.1, 0.15) is 13.2 Å². The van der Waals surface area contributed by atoms with Crippen LogP contribution in [0, 0.1) is 0 Å². The van der Waals surface area contributed by atoms with Crippen LogP contribution in [0.4, 0.5) is 0 Å². The van der Waals surface area contributed by atoms with Gasteiger partial charge in [-0.25, -0.2) is 0 Å². The molecule has 0 aromatic carbocycles. The molecule has 0 rings (SSSR count). The molecule has 6 nitrogen and oxygen atoms in total. The summed E-state index contributed by atoms with van der Waals surface area (Å²) in [5, 5.41) is 0. The normalized spacial score (nSPS) is 13.0. The molecular formula is C60H98O6. The van der Waals surface area contributed by atoms with Gasteiger partial charge in [0.25, 0.3) is 0 Å². The largest absolute Gasteiger partial charge is 0.462 e. The van der Waals surface area contributed by atoms with E-state index >= 15 is 0 Å². The predicted octanol–water partition coefficient (Wildman–Crippen LogP) is 17.9. The van der Waals surface area contributed by atoms with E-state index in [1.165, 1.54) is 96.3 Å². The van der Waals surface area contributed by atoms with E-state index < -0.39 is 6.10 Å². The second-order valence-electron chi connectivity index (χ2n) is 17.6. The molecule has 0 aliphatic rings. The Kier molecular flexibility index (Phi) is 50.5. The van der Waals surface area contributed by atoms with Gasteiger partial charge in [-0.05, 0) is 89.9 Å². The number of carbonyl (C=O) groups excluding carboxylic acids is 3. The Balaban J connectivity index is 4.50. The fourth-order valence-electron chi connectivity index (χ4n) is 7.11. The molecule has 0 amide bonds. The van der Waals surface area contributed by atoms with Crippen molar-refractivity contribution in [2.75, 3.05) is 13.2 Å². The third-order valence-corrected chi connectivity index (χ3v) is 11.2. The highest BCUT2D eigenvalue weighted by Gasteiger charge is 2.19. The molecule has 0 aliphatic heterocycles. The minimum atomic E-state index is -0.808. The van der Waals surface area contributed by atoms with Crippen molar-refractivity contribution in [3.63, 3.8) is 0 Å². The summed E-state index contributed by atoms with van der Waals surface area (Å²) in [6, 6.07) is 0. The van der Waals surface area contributed by atoms with Crippen molar-refractivity contribution in [2.45, 2.75) is 239 Å². The SMILES string of the molecule is CC\C=C/C=C\C=C/C=C\CCCCCC(=O)OCC(COC(=O)CCCCCCC\C=C/C=C\C=C/C=C\CCCCC)OC(=O)CCCCCCCCC/C=C\CCCCCCCC. The maximum absolute atomic E-state index is 12.8. The Morgan fingerprint density at radius 3 is 1.02 bits per heavy atom. The molecule has 66 heavy (non-hydrogen) atoms. The summed E-state index contributed by atoms with van der Waals surface area (Å²) < 4.78 is 16.8. The minimum absolute atomic E-state index is 0.107. The van der Waals surface area contributed by atoms with E-state index in [9.17, 15) is 14.4 Å². The van der Waals surface area contributed by atoms with E-state index in [2.05, 4.69) is 93.7 Å². The average Bonchev–Trinajstić information content (AvgIpc) is 3.31. The quantitative estimate of drug-likeness (QED) is 0.0199. The van der Waals surface area contributed by atoms with E-state index in [0.29, 0.717) is 19.3 Å². The maximum Gasteiger partial charge on any atom is 0.306 e. The van der Waals surface area contributed by atoms with Crippen molar-refractivity contribution in [3.8, 4) is 0 Å². The number of esters is 3. The zero-order valence-corrected chi connectivity index (χ0v) is 42.7. The van der Waals surface area contributed by atoms with E-state index in [0.717, 1.165) is 96.3 Å². The maximum atomic E-state index is 12.8. The van der Waals surface area contributed by atoms with Crippen molar-refractivity contribution >= 4 is 17.9 Å². The van der Waals surface area contributed by atoms with Gasteiger partial charge in [-0.2, -0.15) is 0 Å². The fourth-order valence-corrected chi connectivity index (χ4v) is 7.11. The lowest BCUT2D eigenvalue weighted by Crippen LogP contribution is -2.30. The average molecular weight is 915 g/mol. The molecule has 1 atom stereocenters. The standard InChI is InChI=1S/C60H98O6/c1-4-7-10-13-16-19-22-25-27-29-31-32-35-38-41-44-47-50-53-59(62)65-56-57(55-64-58(61)52-49-46-43-40-37-34-24-21-18-15-12-9-6-3)66-60(63)54-51-48-45-42-39-36-33-30-28-26-23-20-17-14-11-8-5-2/h9,12,15-16,18-19,21-22,24-29,31-32,34,37,57H,4-8,10-11,13-14,17,20,23,30,33,35-36,38-56H2,1-3H3/b12-9-,18-15-,19-16-,24-21-,25-22-,28-26-,29-27-,32-31-,37-34-. The van der Waals surface area contributed by atoms with E-state index in [-0.39, 0.29) is 31.1 Å². The summed E-state index contributed by atoms with van der Waals surface area (Å²) in [4.78, 5) is 38.0. The summed E-state index contributed by atoms with van der Waals surface area (Å²) in [5.74, 6) is -0.974. The zero-order valence-electron chi connectivity index (χ0n) is 42.7. The molecule has 0 aromatic heterocycles. The van der Waals surface area contributed by atoms with Crippen molar-refractivity contribution < 1.29 is 28.6 Å². The number of rotatable bonds is 47. The van der Waals surface area contributed by atoms with Crippen molar-refractivity contribution in [1.82, 2.24) is 0 Å². The van der Waals surface area contributed by atoms with Gasteiger partial charge < -0.3 is 14.2 Å². The van der Waals surface area contributed by atoms with Crippen LogP contribution in [0.2, 0.25) is 0 Å². The van der Waals surface area contributed by atoms with Gasteiger partial charge in [0.2, 0.25) is 0 Å². The molecule has 6 heteroatoms. The van der Waals surface area contributed by atoms with Gasteiger partial charge in [-0.1, -0.05) is 233 Å². The van der Waals surface area contributed by atoms with Gasteiger partial charge in [0.15, 0.2) is 6.10 Å². The molecular weight excluding hydrogens is 817 g/mol. The molecule has 0 radical (unpaired) electrons. The molecule has 0 saturated carbocycles. The summed E-state index contributed by atoms with van der Waals surface area (Å²) in [7, 11) is 0. The first-order valence-corrected chi connectivity index (χ1v) is 27.0. The number of allylic oxidation sites excluding steroid dienone is 18. The van der Waals surface area contributed by atoms with E-state index in [1.54, 1.807) is 0 Å². The Morgan fingerprint density at radius 1 is 0.318 bits per heavy atom.